The summed E-state index contributed by atoms with van der Waals surface area (Å²) < 4.78 is 6.22. The van der Waals surface area contributed by atoms with E-state index in [-0.39, 0.29) is 11.8 Å². The van der Waals surface area contributed by atoms with Gasteiger partial charge in [0.25, 0.3) is 11.8 Å². The van der Waals surface area contributed by atoms with Gasteiger partial charge >= 0.3 is 0 Å². The summed E-state index contributed by atoms with van der Waals surface area (Å²) in [5.74, 6) is 0.497. The van der Waals surface area contributed by atoms with Crippen molar-refractivity contribution in [2.75, 3.05) is 6.54 Å². The number of aldehydes is 1. The van der Waals surface area contributed by atoms with Crippen LogP contribution in [0.25, 0.3) is 0 Å². The van der Waals surface area contributed by atoms with Gasteiger partial charge < -0.3 is 9.64 Å². The van der Waals surface area contributed by atoms with Crippen LogP contribution in [0.4, 0.5) is 0 Å². The zero-order valence-electron chi connectivity index (χ0n) is 17.4. The molecule has 0 radical (unpaired) electrons. The molecule has 32 heavy (non-hydrogen) atoms. The van der Waals surface area contributed by atoms with Gasteiger partial charge in [0.15, 0.2) is 6.23 Å². The van der Waals surface area contributed by atoms with Gasteiger partial charge in [-0.1, -0.05) is 36.4 Å². The fraction of sp³-hybridized carbons (Fsp3) is 0.192. The lowest BCUT2D eigenvalue weighted by Crippen LogP contribution is -2.42. The number of carbonyl (C=O) groups is 3. The van der Waals surface area contributed by atoms with E-state index in [2.05, 4.69) is 0 Å². The average Bonchev–Trinajstić information content (AvgIpc) is 3.34. The van der Waals surface area contributed by atoms with Crippen LogP contribution in [0.3, 0.4) is 0 Å². The second-order valence-electron chi connectivity index (χ2n) is 8.02. The van der Waals surface area contributed by atoms with Crippen molar-refractivity contribution >= 4 is 18.1 Å². The Labute approximate surface area is 186 Å². The molecule has 2 aliphatic heterocycles. The molecule has 6 heteroatoms. The quantitative estimate of drug-likeness (QED) is 0.538. The minimum Gasteiger partial charge on any atom is -0.470 e. The highest BCUT2D eigenvalue weighted by molar-refractivity contribution is 5.99. The van der Waals surface area contributed by atoms with Crippen molar-refractivity contribution in [1.82, 2.24) is 9.80 Å². The molecule has 0 spiro atoms. The summed E-state index contributed by atoms with van der Waals surface area (Å²) in [6, 6.07) is 22.0. The number of hydrogen-bond donors (Lipinski definition) is 0. The molecule has 5 rings (SSSR count). The predicted octanol–water partition coefficient (Wildman–Crippen LogP) is 3.91. The predicted molar refractivity (Wildman–Crippen MR) is 118 cm³/mol. The number of carbonyl (C=O) groups excluding carboxylic acids is 3. The van der Waals surface area contributed by atoms with E-state index in [9.17, 15) is 14.4 Å². The number of hydrogen-bond acceptors (Lipinski definition) is 4. The molecule has 0 N–H and O–H groups in total. The zero-order valence-corrected chi connectivity index (χ0v) is 17.4. The molecule has 0 aliphatic carbocycles. The molecule has 0 saturated carbocycles. The van der Waals surface area contributed by atoms with Gasteiger partial charge in [0, 0.05) is 36.2 Å². The van der Waals surface area contributed by atoms with Gasteiger partial charge in [0.1, 0.15) is 12.0 Å². The van der Waals surface area contributed by atoms with Crippen molar-refractivity contribution < 1.29 is 19.1 Å². The number of amides is 2. The van der Waals surface area contributed by atoms with Crippen LogP contribution in [-0.2, 0) is 13.1 Å². The zero-order chi connectivity index (χ0) is 22.1. The molecular formula is C26H22N2O4. The number of nitrogens with zero attached hydrogens (tertiary/aromatic N) is 2. The summed E-state index contributed by atoms with van der Waals surface area (Å²) in [4.78, 5) is 40.3. The van der Waals surface area contributed by atoms with E-state index in [4.69, 9.17) is 4.74 Å². The molecule has 2 aliphatic rings. The summed E-state index contributed by atoms with van der Waals surface area (Å²) in [6.07, 6.45) is 0.696. The molecule has 2 heterocycles. The molecule has 160 valence electrons. The molecule has 2 amide bonds. The Hall–Kier alpha value is -3.93. The topological polar surface area (TPSA) is 66.9 Å². The first-order valence-electron chi connectivity index (χ1n) is 10.6. The largest absolute Gasteiger partial charge is 0.470 e. The highest BCUT2D eigenvalue weighted by Crippen LogP contribution is 2.28. The normalized spacial score (nSPS) is 15.5. The fourth-order valence-corrected chi connectivity index (χ4v) is 4.33. The van der Waals surface area contributed by atoms with Crippen molar-refractivity contribution in [3.05, 3.63) is 101 Å². The average molecular weight is 426 g/mol. The summed E-state index contributed by atoms with van der Waals surface area (Å²) >= 11 is 0. The second kappa shape index (κ2) is 8.30. The third kappa shape index (κ3) is 3.64. The molecule has 1 unspecified atom stereocenters. The molecule has 1 atom stereocenters. The number of rotatable bonds is 7. The van der Waals surface area contributed by atoms with Gasteiger partial charge in [-0.05, 0) is 47.5 Å². The third-order valence-corrected chi connectivity index (χ3v) is 6.03. The maximum Gasteiger partial charge on any atom is 0.257 e. The van der Waals surface area contributed by atoms with E-state index in [0.29, 0.717) is 42.9 Å². The molecule has 0 fully saturated rings. The highest BCUT2D eigenvalue weighted by atomic mass is 16.5. The second-order valence-corrected chi connectivity index (χ2v) is 8.02. The van der Waals surface area contributed by atoms with Gasteiger partial charge in [-0.3, -0.25) is 19.3 Å². The SMILES string of the molecule is O=Cc1ccc(OC(CCN2Cc3ccccc3C2=O)N2Cc3ccccc3C2=O)cc1. The lowest BCUT2D eigenvalue weighted by atomic mass is 10.1. The van der Waals surface area contributed by atoms with E-state index in [1.165, 1.54) is 0 Å². The lowest BCUT2D eigenvalue weighted by Gasteiger charge is -2.30. The van der Waals surface area contributed by atoms with Gasteiger partial charge in [0.05, 0.1) is 6.54 Å². The van der Waals surface area contributed by atoms with Crippen molar-refractivity contribution in [2.24, 2.45) is 0 Å². The molecule has 6 nitrogen and oxygen atoms in total. The van der Waals surface area contributed by atoms with E-state index >= 15 is 0 Å². The fourth-order valence-electron chi connectivity index (χ4n) is 4.33. The molecule has 0 saturated heterocycles. The van der Waals surface area contributed by atoms with Gasteiger partial charge in [-0.15, -0.1) is 0 Å². The Morgan fingerprint density at radius 2 is 1.44 bits per heavy atom. The van der Waals surface area contributed by atoms with Gasteiger partial charge in [0.2, 0.25) is 0 Å². The van der Waals surface area contributed by atoms with Crippen molar-refractivity contribution in [3.63, 3.8) is 0 Å². The monoisotopic (exact) mass is 426 g/mol. The maximum atomic E-state index is 13.1. The molecule has 0 aromatic heterocycles. The standard InChI is InChI=1S/C26H22N2O4/c29-17-18-9-11-21(12-10-18)32-24(28-16-20-6-2-4-8-23(20)26(28)31)13-14-27-15-19-5-1-3-7-22(19)25(27)30/h1-12,17,24H,13-16H2. The van der Waals surface area contributed by atoms with Gasteiger partial charge in [-0.2, -0.15) is 0 Å². The Morgan fingerprint density at radius 1 is 0.812 bits per heavy atom. The minimum absolute atomic E-state index is 0.00530. The Kier molecular flexibility index (Phi) is 5.19. The van der Waals surface area contributed by atoms with Crippen molar-refractivity contribution in [2.45, 2.75) is 25.7 Å². The number of fused-ring (bicyclic) bond motifs is 2. The Morgan fingerprint density at radius 3 is 2.06 bits per heavy atom. The first-order valence-corrected chi connectivity index (χ1v) is 10.6. The summed E-state index contributed by atoms with van der Waals surface area (Å²) in [6.45, 7) is 1.48. The van der Waals surface area contributed by atoms with Crippen LogP contribution in [0, 0.1) is 0 Å². The van der Waals surface area contributed by atoms with Crippen LogP contribution in [0.15, 0.2) is 72.8 Å². The van der Waals surface area contributed by atoms with Crippen molar-refractivity contribution in [1.29, 1.82) is 0 Å². The van der Waals surface area contributed by atoms with E-state index in [0.717, 1.165) is 23.0 Å². The molecular weight excluding hydrogens is 404 g/mol. The van der Waals surface area contributed by atoms with Crippen LogP contribution >= 0.6 is 0 Å². The van der Waals surface area contributed by atoms with Crippen LogP contribution in [0.2, 0.25) is 0 Å². The smallest absolute Gasteiger partial charge is 0.257 e. The first kappa shape index (κ1) is 20.0. The van der Waals surface area contributed by atoms with Gasteiger partial charge in [-0.25, -0.2) is 0 Å². The highest BCUT2D eigenvalue weighted by Gasteiger charge is 2.35. The lowest BCUT2D eigenvalue weighted by molar-refractivity contribution is 0.0144. The molecule has 3 aromatic rings. The Bertz CT molecular complexity index is 1190. The molecule has 3 aromatic carbocycles. The van der Waals surface area contributed by atoms with Crippen LogP contribution < -0.4 is 4.74 Å². The van der Waals surface area contributed by atoms with E-state index in [1.54, 1.807) is 34.1 Å². The van der Waals surface area contributed by atoms with Crippen LogP contribution in [0.1, 0.15) is 48.6 Å². The number of ether oxygens (including phenoxy) is 1. The number of benzene rings is 3. The van der Waals surface area contributed by atoms with E-state index in [1.807, 2.05) is 48.5 Å². The van der Waals surface area contributed by atoms with Crippen LogP contribution in [0.5, 0.6) is 5.75 Å². The first-order chi connectivity index (χ1) is 15.6. The minimum atomic E-state index is -0.548. The molecule has 0 bridgehead atoms. The maximum absolute atomic E-state index is 13.1. The third-order valence-electron chi connectivity index (χ3n) is 6.03. The summed E-state index contributed by atoms with van der Waals surface area (Å²) in [5.41, 5.74) is 3.95. The Balaban J connectivity index is 1.36. The van der Waals surface area contributed by atoms with Crippen molar-refractivity contribution in [3.8, 4) is 5.75 Å². The summed E-state index contributed by atoms with van der Waals surface area (Å²) in [5, 5.41) is 0. The van der Waals surface area contributed by atoms with Crippen LogP contribution in [-0.4, -0.2) is 40.7 Å². The van der Waals surface area contributed by atoms with E-state index < -0.39 is 6.23 Å². The summed E-state index contributed by atoms with van der Waals surface area (Å²) in [7, 11) is 0.